The molecule has 100 valence electrons. The Morgan fingerprint density at radius 1 is 1.44 bits per heavy atom. The monoisotopic (exact) mass is 248 g/mol. The van der Waals surface area contributed by atoms with Gasteiger partial charge in [0.05, 0.1) is 5.69 Å². The van der Waals surface area contributed by atoms with Gasteiger partial charge in [-0.15, -0.1) is 0 Å². The van der Waals surface area contributed by atoms with Gasteiger partial charge in [0.15, 0.2) is 0 Å². The van der Waals surface area contributed by atoms with E-state index in [1.165, 1.54) is 12.1 Å². The van der Waals surface area contributed by atoms with Gasteiger partial charge in [-0.2, -0.15) is 0 Å². The van der Waals surface area contributed by atoms with Crippen LogP contribution in [-0.2, 0) is 6.54 Å². The highest BCUT2D eigenvalue weighted by Crippen LogP contribution is 2.23. The Kier molecular flexibility index (Phi) is 4.55. The van der Waals surface area contributed by atoms with Gasteiger partial charge in [0.2, 0.25) is 0 Å². The number of pyridine rings is 1. The molecule has 4 nitrogen and oxygen atoms in total. The molecular formula is C14H24N4. The first-order valence-corrected chi connectivity index (χ1v) is 6.92. The smallest absolute Gasteiger partial charge is 0.0560 e. The van der Waals surface area contributed by atoms with Gasteiger partial charge in [-0.25, -0.2) is 0 Å². The van der Waals surface area contributed by atoms with Crippen molar-refractivity contribution in [2.24, 2.45) is 5.73 Å². The van der Waals surface area contributed by atoms with Crippen molar-refractivity contribution in [3.05, 3.63) is 24.0 Å². The number of likely N-dealkylation sites (N-methyl/N-ethyl adjacent to an activating group) is 1. The van der Waals surface area contributed by atoms with Crippen LogP contribution in [0.25, 0.3) is 0 Å². The van der Waals surface area contributed by atoms with Crippen LogP contribution in [0.5, 0.6) is 0 Å². The van der Waals surface area contributed by atoms with Crippen molar-refractivity contribution in [2.75, 3.05) is 31.1 Å². The van der Waals surface area contributed by atoms with Crippen molar-refractivity contribution < 1.29 is 0 Å². The molecule has 1 aliphatic rings. The van der Waals surface area contributed by atoms with E-state index in [4.69, 9.17) is 5.73 Å². The largest absolute Gasteiger partial charge is 0.370 e. The number of nitrogens with two attached hydrogens (primary N) is 1. The molecule has 1 aromatic heterocycles. The fourth-order valence-electron chi connectivity index (χ4n) is 2.79. The summed E-state index contributed by atoms with van der Waals surface area (Å²) >= 11 is 0. The Hall–Kier alpha value is -1.13. The summed E-state index contributed by atoms with van der Waals surface area (Å²) < 4.78 is 0. The molecular weight excluding hydrogens is 224 g/mol. The second-order valence-corrected chi connectivity index (χ2v) is 4.82. The first-order valence-electron chi connectivity index (χ1n) is 6.92. The lowest BCUT2D eigenvalue weighted by Crippen LogP contribution is -2.37. The summed E-state index contributed by atoms with van der Waals surface area (Å²) in [6.07, 6.45) is 3.12. The van der Waals surface area contributed by atoms with Crippen LogP contribution < -0.4 is 10.6 Å². The minimum atomic E-state index is 0.515. The van der Waals surface area contributed by atoms with Crippen molar-refractivity contribution in [3.8, 4) is 0 Å². The van der Waals surface area contributed by atoms with Gasteiger partial charge in [-0.05, 0) is 31.6 Å². The Labute approximate surface area is 110 Å². The molecule has 0 radical (unpaired) electrons. The summed E-state index contributed by atoms with van der Waals surface area (Å²) in [5.74, 6) is 0. The van der Waals surface area contributed by atoms with Crippen LogP contribution in [0, 0.1) is 0 Å². The van der Waals surface area contributed by atoms with E-state index in [0.717, 1.165) is 31.9 Å². The zero-order valence-corrected chi connectivity index (χ0v) is 11.5. The highest BCUT2D eigenvalue weighted by molar-refractivity contribution is 5.47. The second-order valence-electron chi connectivity index (χ2n) is 4.82. The molecule has 0 saturated carbocycles. The molecule has 1 fully saturated rings. The van der Waals surface area contributed by atoms with Crippen molar-refractivity contribution in [1.82, 2.24) is 9.88 Å². The molecule has 0 bridgehead atoms. The van der Waals surface area contributed by atoms with E-state index in [-0.39, 0.29) is 0 Å². The fourth-order valence-corrected chi connectivity index (χ4v) is 2.79. The second kappa shape index (κ2) is 6.16. The van der Waals surface area contributed by atoms with Crippen LogP contribution in [0.3, 0.4) is 0 Å². The molecule has 2 rings (SSSR count). The van der Waals surface area contributed by atoms with Gasteiger partial charge in [0.25, 0.3) is 0 Å². The zero-order valence-electron chi connectivity index (χ0n) is 11.5. The molecule has 2 N–H and O–H groups in total. The number of aromatic nitrogens is 1. The number of hydrogen-bond acceptors (Lipinski definition) is 4. The lowest BCUT2D eigenvalue weighted by Gasteiger charge is -2.26. The van der Waals surface area contributed by atoms with E-state index in [0.29, 0.717) is 12.6 Å². The van der Waals surface area contributed by atoms with Gasteiger partial charge >= 0.3 is 0 Å². The number of rotatable bonds is 5. The van der Waals surface area contributed by atoms with Crippen LogP contribution in [-0.4, -0.2) is 42.1 Å². The highest BCUT2D eigenvalue weighted by Gasteiger charge is 2.26. The summed E-state index contributed by atoms with van der Waals surface area (Å²) in [5, 5.41) is 0. The third-order valence-electron chi connectivity index (χ3n) is 3.87. The number of hydrogen-bond donors (Lipinski definition) is 1. The predicted molar refractivity (Wildman–Crippen MR) is 75.7 cm³/mol. The average molecular weight is 248 g/mol. The molecule has 4 heteroatoms. The molecule has 1 atom stereocenters. The fraction of sp³-hybridized carbons (Fsp3) is 0.643. The van der Waals surface area contributed by atoms with Crippen molar-refractivity contribution >= 4 is 5.69 Å². The lowest BCUT2D eigenvalue weighted by molar-refractivity contribution is 0.232. The van der Waals surface area contributed by atoms with Crippen LogP contribution in [0.15, 0.2) is 18.3 Å². The Balaban J connectivity index is 2.03. The summed E-state index contributed by atoms with van der Waals surface area (Å²) in [5.41, 5.74) is 7.88. The van der Waals surface area contributed by atoms with E-state index in [1.54, 1.807) is 0 Å². The van der Waals surface area contributed by atoms with Crippen molar-refractivity contribution in [2.45, 2.75) is 32.9 Å². The summed E-state index contributed by atoms with van der Waals surface area (Å²) in [4.78, 5) is 9.25. The van der Waals surface area contributed by atoms with Crippen LogP contribution >= 0.6 is 0 Å². The van der Waals surface area contributed by atoms with E-state index < -0.39 is 0 Å². The molecule has 2 heterocycles. The van der Waals surface area contributed by atoms with Crippen LogP contribution in [0.4, 0.5) is 5.69 Å². The first kappa shape index (κ1) is 13.3. The lowest BCUT2D eigenvalue weighted by atomic mass is 10.2. The molecule has 0 amide bonds. The van der Waals surface area contributed by atoms with E-state index in [2.05, 4.69) is 40.8 Å². The molecule has 0 spiro atoms. The SMILES string of the molecule is CCN(CC)C1CCN(c2ccnc(CN)c2)C1. The molecule has 0 aromatic carbocycles. The summed E-state index contributed by atoms with van der Waals surface area (Å²) in [7, 11) is 0. The molecule has 1 unspecified atom stereocenters. The standard InChI is InChI=1S/C14H24N4/c1-3-17(4-2)14-6-8-18(11-14)13-5-7-16-12(9-13)10-15/h5,7,9,14H,3-4,6,8,10-11,15H2,1-2H3. The highest BCUT2D eigenvalue weighted by atomic mass is 15.2. The van der Waals surface area contributed by atoms with Crippen molar-refractivity contribution in [3.63, 3.8) is 0 Å². The van der Waals surface area contributed by atoms with E-state index in [9.17, 15) is 0 Å². The van der Waals surface area contributed by atoms with Gasteiger partial charge in [-0.1, -0.05) is 13.8 Å². The Bertz CT molecular complexity index is 376. The molecule has 1 aromatic rings. The quantitative estimate of drug-likeness (QED) is 0.857. The topological polar surface area (TPSA) is 45.4 Å². The van der Waals surface area contributed by atoms with Gasteiger partial charge in [0.1, 0.15) is 0 Å². The van der Waals surface area contributed by atoms with Crippen molar-refractivity contribution in [1.29, 1.82) is 0 Å². The average Bonchev–Trinajstić information content (AvgIpc) is 2.90. The maximum atomic E-state index is 5.65. The zero-order chi connectivity index (χ0) is 13.0. The third kappa shape index (κ3) is 2.82. The first-order chi connectivity index (χ1) is 8.78. The molecule has 1 aliphatic heterocycles. The van der Waals surface area contributed by atoms with E-state index in [1.807, 2.05) is 6.20 Å². The minimum Gasteiger partial charge on any atom is -0.370 e. The van der Waals surface area contributed by atoms with E-state index >= 15 is 0 Å². The normalized spacial score (nSPS) is 19.8. The maximum absolute atomic E-state index is 5.65. The minimum absolute atomic E-state index is 0.515. The molecule has 0 aliphatic carbocycles. The summed E-state index contributed by atoms with van der Waals surface area (Å²) in [6, 6.07) is 4.89. The maximum Gasteiger partial charge on any atom is 0.0560 e. The van der Waals surface area contributed by atoms with Crippen LogP contribution in [0.2, 0.25) is 0 Å². The Morgan fingerprint density at radius 2 is 2.22 bits per heavy atom. The predicted octanol–water partition coefficient (Wildman–Crippen LogP) is 1.46. The van der Waals surface area contributed by atoms with Crippen LogP contribution in [0.1, 0.15) is 26.0 Å². The summed E-state index contributed by atoms with van der Waals surface area (Å²) in [6.45, 7) is 9.53. The van der Waals surface area contributed by atoms with Gasteiger partial charge in [0, 0.05) is 37.6 Å². The molecule has 1 saturated heterocycles. The number of anilines is 1. The number of nitrogens with zero attached hydrogens (tertiary/aromatic N) is 3. The van der Waals surface area contributed by atoms with Gasteiger partial charge in [-0.3, -0.25) is 9.88 Å². The van der Waals surface area contributed by atoms with Gasteiger partial charge < -0.3 is 10.6 Å². The molecule has 18 heavy (non-hydrogen) atoms. The Morgan fingerprint density at radius 3 is 2.89 bits per heavy atom. The third-order valence-corrected chi connectivity index (χ3v) is 3.87.